The average Bonchev–Trinajstić information content (AvgIpc) is 2.50. The van der Waals surface area contributed by atoms with Crippen molar-refractivity contribution >= 4 is 27.5 Å². The number of amides is 1. The highest BCUT2D eigenvalue weighted by atomic mass is 79.9. The van der Waals surface area contributed by atoms with Crippen LogP contribution >= 0.6 is 15.9 Å². The molecule has 0 aliphatic rings. The third-order valence-electron chi connectivity index (χ3n) is 2.83. The summed E-state index contributed by atoms with van der Waals surface area (Å²) in [7, 11) is 0. The normalized spacial score (nSPS) is 9.96. The number of hydrogen-bond acceptors (Lipinski definition) is 5. The zero-order valence-corrected chi connectivity index (χ0v) is 13.6. The van der Waals surface area contributed by atoms with E-state index in [1.165, 1.54) is 18.2 Å². The number of phenols is 2. The number of carbonyl (C=O) groups excluding carboxylic acids is 1. The summed E-state index contributed by atoms with van der Waals surface area (Å²) in [5, 5.41) is 18.9. The topological polar surface area (TPSA) is 90.8 Å². The van der Waals surface area contributed by atoms with Crippen LogP contribution in [0.4, 0.5) is 0 Å². The molecule has 6 nitrogen and oxygen atoms in total. The maximum Gasteiger partial charge on any atom is 0.276 e. The monoisotopic (exact) mass is 378 g/mol. The summed E-state index contributed by atoms with van der Waals surface area (Å²) in [5.74, 6) is -0.0680. The van der Waals surface area contributed by atoms with Gasteiger partial charge in [-0.25, -0.2) is 0 Å². The van der Waals surface area contributed by atoms with Gasteiger partial charge in [-0.3, -0.25) is 15.6 Å². The van der Waals surface area contributed by atoms with Crippen molar-refractivity contribution in [2.75, 3.05) is 6.61 Å². The Hall–Kier alpha value is -2.67. The van der Waals surface area contributed by atoms with E-state index in [1.54, 1.807) is 18.2 Å². The van der Waals surface area contributed by atoms with Crippen molar-refractivity contribution in [2.45, 2.75) is 0 Å². The van der Waals surface area contributed by atoms with Gasteiger partial charge in [0.2, 0.25) is 0 Å². The van der Waals surface area contributed by atoms with E-state index >= 15 is 0 Å². The maximum atomic E-state index is 11.7. The van der Waals surface area contributed by atoms with Gasteiger partial charge >= 0.3 is 0 Å². The van der Waals surface area contributed by atoms with Gasteiger partial charge in [0, 0.05) is 16.1 Å². The lowest BCUT2D eigenvalue weighted by atomic mass is 10.1. The number of carbonyl (C=O) groups is 1. The Labute approximate surface area is 141 Å². The van der Waals surface area contributed by atoms with E-state index in [2.05, 4.69) is 33.4 Å². The Morgan fingerprint density at radius 3 is 2.65 bits per heavy atom. The molecule has 4 N–H and O–H groups in total. The number of aromatic hydroxyl groups is 2. The molecule has 0 aromatic heterocycles. The Balaban J connectivity index is 1.83. The van der Waals surface area contributed by atoms with E-state index in [9.17, 15) is 15.0 Å². The fourth-order valence-corrected chi connectivity index (χ4v) is 2.11. The van der Waals surface area contributed by atoms with Crippen molar-refractivity contribution in [3.05, 3.63) is 59.1 Å². The molecule has 0 aliphatic carbocycles. The molecule has 23 heavy (non-hydrogen) atoms. The summed E-state index contributed by atoms with van der Waals surface area (Å²) >= 11 is 3.31. The molecule has 2 aromatic rings. The molecule has 0 fully saturated rings. The molecular weight excluding hydrogens is 364 g/mol. The zero-order valence-electron chi connectivity index (χ0n) is 12.0. The third kappa shape index (κ3) is 4.93. The largest absolute Gasteiger partial charge is 0.508 e. The van der Waals surface area contributed by atoms with Crippen LogP contribution in [-0.2, 0) is 4.79 Å². The minimum atomic E-state index is -0.413. The van der Waals surface area contributed by atoms with Gasteiger partial charge in [0.1, 0.15) is 17.2 Å². The number of halogens is 1. The van der Waals surface area contributed by atoms with Gasteiger partial charge in [0.25, 0.3) is 5.91 Å². The minimum Gasteiger partial charge on any atom is -0.508 e. The van der Waals surface area contributed by atoms with E-state index in [0.29, 0.717) is 11.3 Å². The Kier molecular flexibility index (Phi) is 5.48. The highest BCUT2D eigenvalue weighted by Gasteiger charge is 2.08. The molecule has 0 heterocycles. The number of hydrogen-bond donors (Lipinski definition) is 4. The molecule has 0 saturated heterocycles. The first-order valence-corrected chi connectivity index (χ1v) is 7.39. The summed E-state index contributed by atoms with van der Waals surface area (Å²) in [6.07, 6.45) is 0. The van der Waals surface area contributed by atoms with Crippen LogP contribution in [0.3, 0.4) is 0 Å². The lowest BCUT2D eigenvalue weighted by Crippen LogP contribution is -2.38. The number of hydrazine groups is 1. The third-order valence-corrected chi connectivity index (χ3v) is 3.32. The summed E-state index contributed by atoms with van der Waals surface area (Å²) in [6, 6.07) is 11.2. The van der Waals surface area contributed by atoms with Crippen molar-refractivity contribution in [3.8, 4) is 17.2 Å². The lowest BCUT2D eigenvalue weighted by Gasteiger charge is -2.13. The summed E-state index contributed by atoms with van der Waals surface area (Å²) in [4.78, 5) is 11.7. The van der Waals surface area contributed by atoms with Gasteiger partial charge in [-0.1, -0.05) is 28.6 Å². The quantitative estimate of drug-likeness (QED) is 0.579. The van der Waals surface area contributed by atoms with Crippen LogP contribution in [0.25, 0.3) is 5.70 Å². The Bertz CT molecular complexity index is 734. The number of benzene rings is 2. The average molecular weight is 379 g/mol. The number of phenolic OH excluding ortho intramolecular Hbond substituents is 2. The van der Waals surface area contributed by atoms with Crippen LogP contribution in [0.2, 0.25) is 0 Å². The first-order valence-electron chi connectivity index (χ1n) is 6.60. The van der Waals surface area contributed by atoms with E-state index in [-0.39, 0.29) is 23.8 Å². The van der Waals surface area contributed by atoms with Crippen molar-refractivity contribution in [1.82, 2.24) is 10.9 Å². The molecule has 7 heteroatoms. The van der Waals surface area contributed by atoms with Crippen molar-refractivity contribution < 1.29 is 19.7 Å². The molecule has 0 atom stereocenters. The maximum absolute atomic E-state index is 11.7. The molecular formula is C16H15BrN2O4. The van der Waals surface area contributed by atoms with Crippen molar-refractivity contribution in [2.24, 2.45) is 0 Å². The number of ether oxygens (including phenoxy) is 1. The van der Waals surface area contributed by atoms with Gasteiger partial charge in [-0.05, 0) is 30.3 Å². The second-order valence-electron chi connectivity index (χ2n) is 4.60. The molecule has 120 valence electrons. The van der Waals surface area contributed by atoms with Crippen LogP contribution < -0.4 is 15.6 Å². The van der Waals surface area contributed by atoms with Gasteiger partial charge in [-0.15, -0.1) is 0 Å². The summed E-state index contributed by atoms with van der Waals surface area (Å²) in [5.41, 5.74) is 5.62. The molecule has 1 amide bonds. The molecule has 0 radical (unpaired) electrons. The SMILES string of the molecule is C=C(NNC(=O)COc1cccc(Br)c1)c1ccc(O)cc1O. The minimum absolute atomic E-state index is 0.0643. The Morgan fingerprint density at radius 1 is 1.17 bits per heavy atom. The van der Waals surface area contributed by atoms with Gasteiger partial charge in [0.15, 0.2) is 6.61 Å². The van der Waals surface area contributed by atoms with Crippen LogP contribution in [0.1, 0.15) is 5.56 Å². The standard InChI is InChI=1S/C16H15BrN2O4/c1-10(14-6-5-12(20)8-15(14)21)18-19-16(22)9-23-13-4-2-3-11(17)7-13/h2-8,18,20-21H,1,9H2,(H,19,22). The highest BCUT2D eigenvalue weighted by Crippen LogP contribution is 2.26. The molecule has 0 spiro atoms. The first-order chi connectivity index (χ1) is 11.0. The van der Waals surface area contributed by atoms with Gasteiger partial charge in [0.05, 0.1) is 5.70 Å². The number of nitrogens with one attached hydrogen (secondary N) is 2. The van der Waals surface area contributed by atoms with Crippen LogP contribution in [-0.4, -0.2) is 22.7 Å². The molecule has 0 unspecified atom stereocenters. The molecule has 0 aliphatic heterocycles. The predicted octanol–water partition coefficient (Wildman–Crippen LogP) is 2.53. The van der Waals surface area contributed by atoms with E-state index in [4.69, 9.17) is 4.74 Å². The van der Waals surface area contributed by atoms with Crippen LogP contribution in [0.15, 0.2) is 53.5 Å². The highest BCUT2D eigenvalue weighted by molar-refractivity contribution is 9.10. The smallest absolute Gasteiger partial charge is 0.276 e. The van der Waals surface area contributed by atoms with Crippen LogP contribution in [0.5, 0.6) is 17.2 Å². The summed E-state index contributed by atoms with van der Waals surface area (Å²) < 4.78 is 6.18. The van der Waals surface area contributed by atoms with Gasteiger partial charge < -0.3 is 14.9 Å². The zero-order chi connectivity index (χ0) is 16.8. The lowest BCUT2D eigenvalue weighted by molar-refractivity contribution is -0.123. The van der Waals surface area contributed by atoms with Crippen LogP contribution in [0, 0.1) is 0 Å². The van der Waals surface area contributed by atoms with E-state index in [0.717, 1.165) is 4.47 Å². The number of rotatable bonds is 6. The fraction of sp³-hybridized carbons (Fsp3) is 0.0625. The first kappa shape index (κ1) is 16.7. The molecule has 0 bridgehead atoms. The van der Waals surface area contributed by atoms with Gasteiger partial charge in [-0.2, -0.15) is 0 Å². The second-order valence-corrected chi connectivity index (χ2v) is 5.51. The molecule has 0 saturated carbocycles. The van der Waals surface area contributed by atoms with Crippen molar-refractivity contribution in [3.63, 3.8) is 0 Å². The predicted molar refractivity (Wildman–Crippen MR) is 89.7 cm³/mol. The fourth-order valence-electron chi connectivity index (χ4n) is 1.73. The second kappa shape index (κ2) is 7.55. The van der Waals surface area contributed by atoms with Crippen molar-refractivity contribution in [1.29, 1.82) is 0 Å². The molecule has 2 rings (SSSR count). The van der Waals surface area contributed by atoms with E-state index < -0.39 is 5.91 Å². The summed E-state index contributed by atoms with van der Waals surface area (Å²) in [6.45, 7) is 3.52. The Morgan fingerprint density at radius 2 is 1.96 bits per heavy atom. The molecule has 2 aromatic carbocycles. The van der Waals surface area contributed by atoms with E-state index in [1.807, 2.05) is 6.07 Å².